The number of carboxylic acids is 1. The molecule has 6 nitrogen and oxygen atoms in total. The molecule has 2 N–H and O–H groups in total. The van der Waals surface area contributed by atoms with E-state index in [1.807, 2.05) is 0 Å². The zero-order valence-electron chi connectivity index (χ0n) is 22.8. The fraction of sp³-hybridized carbons (Fsp3) is 0.533. The number of carbonyl (C=O) groups excluding carboxylic acids is 1. The maximum Gasteiger partial charge on any atom is 0.416 e. The molecule has 39 heavy (non-hydrogen) atoms. The van der Waals surface area contributed by atoms with Crippen molar-refractivity contribution in [3.63, 3.8) is 0 Å². The lowest BCUT2D eigenvalue weighted by Crippen LogP contribution is -2.27. The number of aliphatic carboxylic acids is 1. The second-order valence-electron chi connectivity index (χ2n) is 9.79. The number of halogens is 3. The second kappa shape index (κ2) is 17.6. The van der Waals surface area contributed by atoms with Crippen LogP contribution in [0.25, 0.3) is 0 Å². The lowest BCUT2D eigenvalue weighted by atomic mass is 10.1. The molecule has 2 aromatic carbocycles. The lowest BCUT2D eigenvalue weighted by Gasteiger charge is -2.21. The molecule has 0 aliphatic rings. The summed E-state index contributed by atoms with van der Waals surface area (Å²) in [6.07, 6.45) is 7.90. The molecule has 216 valence electrons. The average molecular weight is 551 g/mol. The van der Waals surface area contributed by atoms with Gasteiger partial charge in [-0.15, -0.1) is 0 Å². The summed E-state index contributed by atoms with van der Waals surface area (Å²) < 4.78 is 38.5. The van der Waals surface area contributed by atoms with Gasteiger partial charge in [0.1, 0.15) is 0 Å². The first-order valence-corrected chi connectivity index (χ1v) is 13.8. The molecule has 2 rings (SSSR count). The minimum Gasteiger partial charge on any atom is -0.479 e. The first-order valence-electron chi connectivity index (χ1n) is 13.8. The molecule has 0 radical (unpaired) electrons. The number of benzene rings is 2. The van der Waals surface area contributed by atoms with Crippen molar-refractivity contribution < 1.29 is 32.7 Å². The molecule has 0 aromatic heterocycles. The van der Waals surface area contributed by atoms with Crippen molar-refractivity contribution in [3.8, 4) is 0 Å². The molecule has 1 amide bonds. The standard InChI is InChI=1S/C30H41F3N2O4/c1-2-3-4-5-6-7-8-9-10-11-20-34-29(38)26-16-12-24(13-17-26)21-35(39-23-28(36)37)22-25-14-18-27(19-15-25)30(31,32)33/h12-19H,2-11,20-23H2,1H3,(H,34,38)(H,36,37). The van der Waals surface area contributed by atoms with E-state index >= 15 is 0 Å². The molecule has 0 aliphatic carbocycles. The van der Waals surface area contributed by atoms with Crippen LogP contribution in [0.1, 0.15) is 98.2 Å². The van der Waals surface area contributed by atoms with Crippen LogP contribution >= 0.6 is 0 Å². The van der Waals surface area contributed by atoms with E-state index in [9.17, 15) is 22.8 Å². The Labute approximate surface area is 229 Å². The number of hydroxylamine groups is 2. The molecule has 9 heteroatoms. The number of hydrogen-bond acceptors (Lipinski definition) is 4. The molecule has 0 fully saturated rings. The minimum atomic E-state index is -4.43. The highest BCUT2D eigenvalue weighted by Crippen LogP contribution is 2.29. The van der Waals surface area contributed by atoms with Crippen LogP contribution in [-0.4, -0.2) is 35.2 Å². The summed E-state index contributed by atoms with van der Waals surface area (Å²) >= 11 is 0. The summed E-state index contributed by atoms with van der Waals surface area (Å²) in [4.78, 5) is 28.8. The van der Waals surface area contributed by atoms with Crippen molar-refractivity contribution in [2.45, 2.75) is 90.4 Å². The largest absolute Gasteiger partial charge is 0.479 e. The molecular weight excluding hydrogens is 509 g/mol. The Morgan fingerprint density at radius 2 is 1.28 bits per heavy atom. The van der Waals surface area contributed by atoms with Gasteiger partial charge in [-0.2, -0.15) is 18.2 Å². The van der Waals surface area contributed by atoms with E-state index in [0.29, 0.717) is 17.7 Å². The van der Waals surface area contributed by atoms with Crippen LogP contribution in [0.2, 0.25) is 0 Å². The van der Waals surface area contributed by atoms with Crippen molar-refractivity contribution in [2.24, 2.45) is 0 Å². The van der Waals surface area contributed by atoms with Gasteiger partial charge in [0.15, 0.2) is 6.61 Å². The first kappa shape index (κ1) is 32.3. The third-order valence-electron chi connectivity index (χ3n) is 6.40. The quantitative estimate of drug-likeness (QED) is 0.141. The van der Waals surface area contributed by atoms with Gasteiger partial charge in [0.05, 0.1) is 5.56 Å². The van der Waals surface area contributed by atoms with Crippen LogP contribution in [0.3, 0.4) is 0 Å². The number of nitrogens with one attached hydrogen (secondary N) is 1. The summed E-state index contributed by atoms with van der Waals surface area (Å²) in [5.74, 6) is -1.32. The van der Waals surface area contributed by atoms with Crippen LogP contribution < -0.4 is 5.32 Å². The smallest absolute Gasteiger partial charge is 0.416 e. The molecule has 0 spiro atoms. The van der Waals surface area contributed by atoms with E-state index in [0.717, 1.165) is 30.5 Å². The van der Waals surface area contributed by atoms with Gasteiger partial charge in [0.2, 0.25) is 0 Å². The number of carbonyl (C=O) groups is 2. The molecular formula is C30H41F3N2O4. The van der Waals surface area contributed by atoms with Gasteiger partial charge in [0, 0.05) is 25.2 Å². The zero-order valence-corrected chi connectivity index (χ0v) is 22.8. The summed E-state index contributed by atoms with van der Waals surface area (Å²) in [5, 5.41) is 13.3. The van der Waals surface area contributed by atoms with E-state index in [4.69, 9.17) is 9.94 Å². The molecule has 0 bridgehead atoms. The van der Waals surface area contributed by atoms with Crippen LogP contribution in [0.5, 0.6) is 0 Å². The van der Waals surface area contributed by atoms with E-state index in [1.54, 1.807) is 24.3 Å². The predicted molar refractivity (Wildman–Crippen MR) is 145 cm³/mol. The molecule has 0 aliphatic heterocycles. The maximum atomic E-state index is 12.8. The van der Waals surface area contributed by atoms with Gasteiger partial charge in [-0.05, 0) is 41.8 Å². The Hall–Kier alpha value is -2.91. The van der Waals surface area contributed by atoms with Gasteiger partial charge < -0.3 is 10.4 Å². The fourth-order valence-electron chi connectivity index (χ4n) is 4.18. The highest BCUT2D eigenvalue weighted by atomic mass is 19.4. The Bertz CT molecular complexity index is 979. The number of rotatable bonds is 19. The Kier molecular flexibility index (Phi) is 14.6. The fourth-order valence-corrected chi connectivity index (χ4v) is 4.18. The van der Waals surface area contributed by atoms with Crippen LogP contribution in [0, 0.1) is 0 Å². The van der Waals surface area contributed by atoms with Crippen LogP contribution in [-0.2, 0) is 28.9 Å². The van der Waals surface area contributed by atoms with E-state index in [2.05, 4.69) is 12.2 Å². The number of nitrogens with zero attached hydrogens (tertiary/aromatic N) is 1. The van der Waals surface area contributed by atoms with Crippen molar-refractivity contribution in [1.29, 1.82) is 0 Å². The number of unbranched alkanes of at least 4 members (excludes halogenated alkanes) is 9. The van der Waals surface area contributed by atoms with Gasteiger partial charge in [-0.25, -0.2) is 4.79 Å². The Morgan fingerprint density at radius 3 is 1.77 bits per heavy atom. The Morgan fingerprint density at radius 1 is 0.795 bits per heavy atom. The minimum absolute atomic E-state index is 0.0898. The van der Waals surface area contributed by atoms with Gasteiger partial charge >= 0.3 is 12.1 Å². The van der Waals surface area contributed by atoms with Crippen LogP contribution in [0.4, 0.5) is 13.2 Å². The van der Waals surface area contributed by atoms with Gasteiger partial charge in [-0.1, -0.05) is 89.0 Å². The van der Waals surface area contributed by atoms with Crippen LogP contribution in [0.15, 0.2) is 48.5 Å². The third-order valence-corrected chi connectivity index (χ3v) is 6.40. The highest BCUT2D eigenvalue weighted by molar-refractivity contribution is 5.94. The highest BCUT2D eigenvalue weighted by Gasteiger charge is 2.30. The van der Waals surface area contributed by atoms with Crippen molar-refractivity contribution in [3.05, 3.63) is 70.8 Å². The lowest BCUT2D eigenvalue weighted by molar-refractivity contribution is -0.190. The summed E-state index contributed by atoms with van der Waals surface area (Å²) in [6, 6.07) is 11.5. The monoisotopic (exact) mass is 550 g/mol. The molecule has 2 aromatic rings. The van der Waals surface area contributed by atoms with Crippen molar-refractivity contribution in [2.75, 3.05) is 13.2 Å². The zero-order chi connectivity index (χ0) is 28.5. The topological polar surface area (TPSA) is 78.9 Å². The number of carboxylic acid groups (broad SMARTS) is 1. The molecule has 0 atom stereocenters. The maximum absolute atomic E-state index is 12.8. The van der Waals surface area contributed by atoms with E-state index in [-0.39, 0.29) is 19.0 Å². The Balaban J connectivity index is 1.77. The van der Waals surface area contributed by atoms with E-state index in [1.165, 1.54) is 68.6 Å². The molecule has 0 saturated carbocycles. The second-order valence-corrected chi connectivity index (χ2v) is 9.79. The molecule has 0 saturated heterocycles. The predicted octanol–water partition coefficient (Wildman–Crippen LogP) is 7.37. The normalized spacial score (nSPS) is 11.6. The average Bonchev–Trinajstić information content (AvgIpc) is 2.90. The first-order chi connectivity index (χ1) is 18.7. The summed E-state index contributed by atoms with van der Waals surface area (Å²) in [7, 11) is 0. The summed E-state index contributed by atoms with van der Waals surface area (Å²) in [5.41, 5.74) is 1.06. The number of amides is 1. The number of alkyl halides is 3. The van der Waals surface area contributed by atoms with Gasteiger partial charge in [-0.3, -0.25) is 9.63 Å². The van der Waals surface area contributed by atoms with E-state index < -0.39 is 24.3 Å². The van der Waals surface area contributed by atoms with Gasteiger partial charge in [0.25, 0.3) is 5.91 Å². The number of hydrogen-bond donors (Lipinski definition) is 2. The summed E-state index contributed by atoms with van der Waals surface area (Å²) in [6.45, 7) is 2.55. The van der Waals surface area contributed by atoms with Crippen molar-refractivity contribution in [1.82, 2.24) is 10.4 Å². The van der Waals surface area contributed by atoms with Crippen molar-refractivity contribution >= 4 is 11.9 Å². The molecule has 0 heterocycles. The molecule has 0 unspecified atom stereocenters. The third kappa shape index (κ3) is 13.6. The SMILES string of the molecule is CCCCCCCCCCCCNC(=O)c1ccc(CN(Cc2ccc(C(F)(F)F)cc2)OCC(=O)O)cc1.